The molecule has 240 valence electrons. The lowest BCUT2D eigenvalue weighted by atomic mass is 10.0. The molecule has 1 N–H and O–H groups in total. The molecular weight excluding hydrogens is 630 g/mol. The molecule has 4 rings (SSSR count). The van der Waals surface area contributed by atoms with Crippen LogP contribution in [0.5, 0.6) is 5.88 Å². The Bertz CT molecular complexity index is 1610. The maximum atomic E-state index is 14.2. The number of carbonyl (C=O) groups excluding carboxylic acids is 1. The topological polar surface area (TPSA) is 83.7 Å². The Balaban J connectivity index is 1.53. The van der Waals surface area contributed by atoms with Gasteiger partial charge in [0.05, 0.1) is 21.3 Å². The molecule has 2 aromatic heterocycles. The highest BCUT2D eigenvalue weighted by Gasteiger charge is 2.37. The fourth-order valence-corrected chi connectivity index (χ4v) is 5.20. The Morgan fingerprint density at radius 2 is 1.69 bits per heavy atom. The van der Waals surface area contributed by atoms with Gasteiger partial charge in [0, 0.05) is 49.8 Å². The minimum absolute atomic E-state index is 0.104. The van der Waals surface area contributed by atoms with E-state index in [9.17, 15) is 18.0 Å². The Labute approximate surface area is 270 Å². The van der Waals surface area contributed by atoms with Crippen molar-refractivity contribution in [2.24, 2.45) is 0 Å². The van der Waals surface area contributed by atoms with Crippen LogP contribution in [-0.4, -0.2) is 55.2 Å². The molecule has 0 saturated carbocycles. The van der Waals surface area contributed by atoms with E-state index in [1.165, 1.54) is 17.0 Å². The van der Waals surface area contributed by atoms with Crippen molar-refractivity contribution in [2.75, 3.05) is 39.1 Å². The Kier molecular flexibility index (Phi) is 11.0. The number of rotatable bonds is 12. The van der Waals surface area contributed by atoms with Gasteiger partial charge in [-0.15, -0.1) is 0 Å². The van der Waals surface area contributed by atoms with Gasteiger partial charge in [-0.05, 0) is 50.0 Å². The molecule has 0 aliphatic carbocycles. The number of amides is 1. The number of ether oxygens (including phenoxy) is 1. The summed E-state index contributed by atoms with van der Waals surface area (Å²) in [5.74, 6) is -0.0567. The molecule has 13 heteroatoms. The van der Waals surface area contributed by atoms with Gasteiger partial charge in [0.15, 0.2) is 5.69 Å². The van der Waals surface area contributed by atoms with Crippen LogP contribution in [0.4, 0.5) is 18.9 Å². The van der Waals surface area contributed by atoms with Gasteiger partial charge >= 0.3 is 6.18 Å². The van der Waals surface area contributed by atoms with E-state index < -0.39 is 11.9 Å². The van der Waals surface area contributed by atoms with Gasteiger partial charge in [-0.1, -0.05) is 60.4 Å². The second-order valence-electron chi connectivity index (χ2n) is 11.0. The van der Waals surface area contributed by atoms with Gasteiger partial charge in [0.2, 0.25) is 5.88 Å². The molecule has 8 nitrogen and oxygen atoms in total. The molecule has 0 bridgehead atoms. The number of aromatic nitrogens is 2. The first-order valence-electron chi connectivity index (χ1n) is 14.1. The number of pyridine rings is 1. The number of carbonyl (C=O) groups is 1. The van der Waals surface area contributed by atoms with Crippen molar-refractivity contribution in [3.05, 3.63) is 92.8 Å². The lowest BCUT2D eigenvalue weighted by Gasteiger charge is -2.23. The summed E-state index contributed by atoms with van der Waals surface area (Å²) in [7, 11) is 5.36. The second kappa shape index (κ2) is 14.5. The zero-order valence-electron chi connectivity index (χ0n) is 25.5. The molecule has 0 aliphatic heterocycles. The highest BCUT2D eigenvalue weighted by Crippen LogP contribution is 2.40. The molecule has 2 aromatic carbocycles. The molecule has 0 atom stereocenters. The molecule has 4 aromatic rings. The second-order valence-corrected chi connectivity index (χ2v) is 11.9. The fraction of sp³-hybridized carbons (Fsp3) is 0.344. The molecule has 0 unspecified atom stereocenters. The van der Waals surface area contributed by atoms with Gasteiger partial charge in [-0.2, -0.15) is 13.2 Å². The van der Waals surface area contributed by atoms with Gasteiger partial charge in [-0.3, -0.25) is 4.79 Å². The van der Waals surface area contributed by atoms with Crippen LogP contribution in [0, 0.1) is 0 Å². The maximum absolute atomic E-state index is 14.2. The summed E-state index contributed by atoms with van der Waals surface area (Å²) in [6.45, 7) is 4.95. The first-order valence-corrected chi connectivity index (χ1v) is 14.9. The van der Waals surface area contributed by atoms with Crippen molar-refractivity contribution in [1.29, 1.82) is 0 Å². The number of hydrogen-bond acceptors (Lipinski definition) is 7. The van der Waals surface area contributed by atoms with E-state index in [-0.39, 0.29) is 36.5 Å². The number of nitrogens with one attached hydrogen (secondary N) is 1. The van der Waals surface area contributed by atoms with Crippen LogP contribution in [0.25, 0.3) is 11.3 Å². The number of likely N-dealkylation sites (N-methyl/N-ethyl adjacent to an activating group) is 1. The number of benzene rings is 2. The number of nitrogens with zero attached hydrogens (tertiary/aromatic N) is 4. The van der Waals surface area contributed by atoms with Gasteiger partial charge < -0.3 is 24.4 Å². The predicted molar refractivity (Wildman–Crippen MR) is 169 cm³/mol. The normalized spacial score (nSPS) is 11.7. The minimum atomic E-state index is -4.76. The van der Waals surface area contributed by atoms with E-state index in [1.807, 2.05) is 32.8 Å². The minimum Gasteiger partial charge on any atom is -0.473 e. The number of anilines is 1. The van der Waals surface area contributed by atoms with Crippen LogP contribution >= 0.6 is 23.2 Å². The van der Waals surface area contributed by atoms with Crippen molar-refractivity contribution >= 4 is 34.8 Å². The highest BCUT2D eigenvalue weighted by molar-refractivity contribution is 6.39. The zero-order chi connectivity index (χ0) is 32.9. The van der Waals surface area contributed by atoms with Crippen LogP contribution in [0.15, 0.2) is 59.1 Å². The van der Waals surface area contributed by atoms with Crippen molar-refractivity contribution in [3.63, 3.8) is 0 Å². The molecule has 45 heavy (non-hydrogen) atoms. The Hall–Kier alpha value is -3.80. The molecule has 0 spiro atoms. The van der Waals surface area contributed by atoms with Crippen LogP contribution in [-0.2, 0) is 19.3 Å². The predicted octanol–water partition coefficient (Wildman–Crippen LogP) is 7.69. The average Bonchev–Trinajstić information content (AvgIpc) is 3.39. The van der Waals surface area contributed by atoms with Gasteiger partial charge in [0.1, 0.15) is 18.1 Å². The summed E-state index contributed by atoms with van der Waals surface area (Å²) in [5, 5.41) is 7.67. The van der Waals surface area contributed by atoms with Crippen LogP contribution in [0.1, 0.15) is 52.7 Å². The molecular formula is C32H34Cl2F3N5O3. The lowest BCUT2D eigenvalue weighted by molar-refractivity contribution is -0.140. The van der Waals surface area contributed by atoms with E-state index >= 15 is 0 Å². The molecule has 0 aliphatic rings. The van der Waals surface area contributed by atoms with E-state index in [2.05, 4.69) is 15.5 Å². The third kappa shape index (κ3) is 8.47. The summed E-state index contributed by atoms with van der Waals surface area (Å²) in [6.07, 6.45) is -4.76. The summed E-state index contributed by atoms with van der Waals surface area (Å²) >= 11 is 12.8. The Morgan fingerprint density at radius 1 is 1.02 bits per heavy atom. The quantitative estimate of drug-likeness (QED) is 0.166. The van der Waals surface area contributed by atoms with Crippen molar-refractivity contribution in [3.8, 4) is 17.1 Å². The van der Waals surface area contributed by atoms with Gasteiger partial charge in [0.25, 0.3) is 5.91 Å². The number of alkyl halides is 3. The average molecular weight is 665 g/mol. The van der Waals surface area contributed by atoms with E-state index in [1.54, 1.807) is 49.5 Å². The Morgan fingerprint density at radius 3 is 2.29 bits per heavy atom. The molecule has 0 fully saturated rings. The smallest absolute Gasteiger partial charge is 0.435 e. The highest BCUT2D eigenvalue weighted by atomic mass is 35.5. The van der Waals surface area contributed by atoms with E-state index in [0.717, 1.165) is 5.56 Å². The SMILES string of the molecule is CC(C)c1onc(-c2c(Cl)cccc2Cl)c1COc1ccc(N(C)Cc2ccc(C(=O)NCCN(C)C)cc2)c(C(F)(F)F)n1. The van der Waals surface area contributed by atoms with Gasteiger partial charge in [-0.25, -0.2) is 4.98 Å². The van der Waals surface area contributed by atoms with Crippen LogP contribution < -0.4 is 15.0 Å². The molecule has 0 saturated heterocycles. The first-order chi connectivity index (χ1) is 21.3. The summed E-state index contributed by atoms with van der Waals surface area (Å²) in [4.78, 5) is 19.6. The van der Waals surface area contributed by atoms with Crippen LogP contribution in [0.2, 0.25) is 10.0 Å². The number of halogens is 5. The zero-order valence-corrected chi connectivity index (χ0v) is 27.0. The standard InChI is InChI=1S/C32H34Cl2F3N5O3/c1-19(2)29-22(28(40-45-29)27-23(33)7-6-8-24(27)34)18-44-26-14-13-25(30(39-26)32(35,36)37)42(5)17-20-9-11-21(12-10-20)31(43)38-15-16-41(3)4/h6-14,19H,15-18H2,1-5H3,(H,38,43). The summed E-state index contributed by atoms with van der Waals surface area (Å²) < 4.78 is 54.1. The van der Waals surface area contributed by atoms with E-state index in [0.29, 0.717) is 51.3 Å². The summed E-state index contributed by atoms with van der Waals surface area (Å²) in [5.41, 5.74) is 1.25. The summed E-state index contributed by atoms with van der Waals surface area (Å²) in [6, 6.07) is 14.4. The van der Waals surface area contributed by atoms with Crippen LogP contribution in [0.3, 0.4) is 0 Å². The van der Waals surface area contributed by atoms with E-state index in [4.69, 9.17) is 32.5 Å². The molecule has 2 heterocycles. The third-order valence-electron chi connectivity index (χ3n) is 6.92. The van der Waals surface area contributed by atoms with Crippen molar-refractivity contribution in [1.82, 2.24) is 20.4 Å². The number of hydrogen-bond donors (Lipinski definition) is 1. The molecule has 1 amide bonds. The molecule has 0 radical (unpaired) electrons. The third-order valence-corrected chi connectivity index (χ3v) is 7.55. The lowest BCUT2D eigenvalue weighted by Crippen LogP contribution is -2.31. The maximum Gasteiger partial charge on any atom is 0.435 e. The van der Waals surface area contributed by atoms with Crippen molar-refractivity contribution in [2.45, 2.75) is 39.1 Å². The fourth-order valence-electron chi connectivity index (χ4n) is 4.63. The van der Waals surface area contributed by atoms with Crippen molar-refractivity contribution < 1.29 is 27.2 Å². The first kappa shape index (κ1) is 34.1. The largest absolute Gasteiger partial charge is 0.473 e. The monoisotopic (exact) mass is 663 g/mol.